The van der Waals surface area contributed by atoms with Gasteiger partial charge < -0.3 is 25.8 Å². The van der Waals surface area contributed by atoms with E-state index in [1.54, 1.807) is 7.11 Å². The predicted molar refractivity (Wildman–Crippen MR) is 119 cm³/mol. The van der Waals surface area contributed by atoms with Gasteiger partial charge in [0, 0.05) is 24.7 Å². The molecule has 3 aromatic rings. The third kappa shape index (κ3) is 6.33. The first-order valence-corrected chi connectivity index (χ1v) is 10.5. The largest absolute Gasteiger partial charge is 0.493 e. The van der Waals surface area contributed by atoms with Gasteiger partial charge in [-0.05, 0) is 61.6 Å². The molecule has 0 aliphatic heterocycles. The highest BCUT2D eigenvalue weighted by Gasteiger charge is 2.15. The average molecular weight is 511 g/mol. The zero-order valence-electron chi connectivity index (χ0n) is 16.7. The third-order valence-electron chi connectivity index (χ3n) is 4.21. The molecule has 1 heterocycles. The lowest BCUT2D eigenvalue weighted by molar-refractivity contribution is 0.0944. The molecule has 2 aromatic carbocycles. The summed E-state index contributed by atoms with van der Waals surface area (Å²) >= 11 is 9.57. The van der Waals surface area contributed by atoms with Crippen LogP contribution in [0, 0.1) is 0 Å². The Balaban J connectivity index is 1.51. The first-order chi connectivity index (χ1) is 15.0. The number of nitrogens with two attached hydrogens (primary N) is 1. The van der Waals surface area contributed by atoms with E-state index in [-0.39, 0.29) is 11.5 Å². The van der Waals surface area contributed by atoms with Gasteiger partial charge in [0.2, 0.25) is 11.5 Å². The second-order valence-electron chi connectivity index (χ2n) is 6.46. The molecule has 0 fully saturated rings. The molecular weight excluding hydrogens is 490 g/mol. The number of hydrogen-bond donors (Lipinski definition) is 3. The Morgan fingerprint density at radius 3 is 2.77 bits per heavy atom. The molecule has 1 aromatic heterocycles. The monoisotopic (exact) mass is 509 g/mol. The van der Waals surface area contributed by atoms with Crippen LogP contribution in [-0.2, 0) is 13.2 Å². The summed E-state index contributed by atoms with van der Waals surface area (Å²) in [7, 11) is 1.59. The van der Waals surface area contributed by atoms with Crippen LogP contribution in [0.2, 0.25) is 5.02 Å². The lowest BCUT2D eigenvalue weighted by Gasteiger charge is -2.15. The van der Waals surface area contributed by atoms with Crippen molar-refractivity contribution in [1.29, 1.82) is 0 Å². The quantitative estimate of drug-likeness (QED) is 0.355. The van der Waals surface area contributed by atoms with E-state index < -0.39 is 5.91 Å². The van der Waals surface area contributed by atoms with Gasteiger partial charge in [-0.15, -0.1) is 0 Å². The molecular formula is C20H21BrClN5O4. The number of hydrogen-bond acceptors (Lipinski definition) is 8. The molecule has 0 unspecified atom stereocenters. The average Bonchev–Trinajstić information content (AvgIpc) is 3.18. The van der Waals surface area contributed by atoms with Gasteiger partial charge in [-0.3, -0.25) is 4.79 Å². The summed E-state index contributed by atoms with van der Waals surface area (Å²) in [5.74, 6) is 0.735. The van der Waals surface area contributed by atoms with Crippen molar-refractivity contribution in [2.75, 3.05) is 25.9 Å². The van der Waals surface area contributed by atoms with Crippen LogP contribution in [0.25, 0.3) is 0 Å². The molecule has 0 spiro atoms. The van der Waals surface area contributed by atoms with Gasteiger partial charge in [-0.25, -0.2) is 4.63 Å². The zero-order chi connectivity index (χ0) is 22.2. The number of ether oxygens (including phenoxy) is 2. The summed E-state index contributed by atoms with van der Waals surface area (Å²) in [4.78, 5) is 11.9. The van der Waals surface area contributed by atoms with Crippen LogP contribution in [0.5, 0.6) is 11.5 Å². The standard InChI is InChI=1S/C20H21BrClN5O4/c1-29-16-9-13(10-24-5-6-25-20(28)17-19(23)27-31-26-17)8-15(21)18(16)30-11-12-3-2-4-14(22)7-12/h2-4,7-9,24H,5-6,10-11H2,1H3,(H2,23,27)(H,25,28). The summed E-state index contributed by atoms with van der Waals surface area (Å²) in [6.45, 7) is 1.83. The summed E-state index contributed by atoms with van der Waals surface area (Å²) in [6.07, 6.45) is 0. The van der Waals surface area contributed by atoms with Gasteiger partial charge in [-0.1, -0.05) is 23.7 Å². The molecule has 3 rings (SSSR count). The minimum absolute atomic E-state index is 0.0259. The number of carbonyl (C=O) groups excluding carboxylic acids is 1. The smallest absolute Gasteiger partial charge is 0.277 e. The molecule has 0 saturated heterocycles. The van der Waals surface area contributed by atoms with Crippen molar-refractivity contribution < 1.29 is 18.9 Å². The maximum absolute atomic E-state index is 11.9. The minimum atomic E-state index is -0.439. The lowest BCUT2D eigenvalue weighted by atomic mass is 10.2. The van der Waals surface area contributed by atoms with Gasteiger partial charge in [-0.2, -0.15) is 0 Å². The van der Waals surface area contributed by atoms with Crippen molar-refractivity contribution >= 4 is 39.3 Å². The van der Waals surface area contributed by atoms with Crippen molar-refractivity contribution in [2.24, 2.45) is 0 Å². The number of halogens is 2. The fourth-order valence-electron chi connectivity index (χ4n) is 2.73. The number of methoxy groups -OCH3 is 1. The zero-order valence-corrected chi connectivity index (χ0v) is 19.0. The Hall–Kier alpha value is -2.82. The van der Waals surface area contributed by atoms with Crippen LogP contribution < -0.4 is 25.8 Å². The van der Waals surface area contributed by atoms with Crippen LogP contribution in [0.3, 0.4) is 0 Å². The first kappa shape index (κ1) is 22.9. The van der Waals surface area contributed by atoms with Gasteiger partial charge in [0.25, 0.3) is 5.91 Å². The molecule has 4 N–H and O–H groups in total. The molecule has 0 aliphatic carbocycles. The Bertz CT molecular complexity index is 1050. The van der Waals surface area contributed by atoms with Crippen LogP contribution in [0.4, 0.5) is 5.82 Å². The van der Waals surface area contributed by atoms with E-state index in [0.29, 0.717) is 42.8 Å². The molecule has 164 valence electrons. The number of nitrogens with one attached hydrogen (secondary N) is 2. The molecule has 31 heavy (non-hydrogen) atoms. The predicted octanol–water partition coefficient (Wildman–Crippen LogP) is 3.17. The minimum Gasteiger partial charge on any atom is -0.493 e. The molecule has 0 aliphatic rings. The fourth-order valence-corrected chi connectivity index (χ4v) is 3.55. The van der Waals surface area contributed by atoms with Crippen molar-refractivity contribution in [1.82, 2.24) is 20.9 Å². The highest BCUT2D eigenvalue weighted by molar-refractivity contribution is 9.10. The van der Waals surface area contributed by atoms with Crippen molar-refractivity contribution in [3.05, 3.63) is 62.7 Å². The Morgan fingerprint density at radius 1 is 1.23 bits per heavy atom. The number of benzene rings is 2. The maximum atomic E-state index is 11.9. The Morgan fingerprint density at radius 2 is 2.06 bits per heavy atom. The Labute approximate surface area is 192 Å². The lowest BCUT2D eigenvalue weighted by Crippen LogP contribution is -2.32. The number of rotatable bonds is 10. The molecule has 11 heteroatoms. The van der Waals surface area contributed by atoms with Crippen LogP contribution in [-0.4, -0.2) is 36.4 Å². The van der Waals surface area contributed by atoms with E-state index >= 15 is 0 Å². The van der Waals surface area contributed by atoms with Gasteiger partial charge in [0.05, 0.1) is 11.6 Å². The van der Waals surface area contributed by atoms with Gasteiger partial charge in [0.15, 0.2) is 11.5 Å². The van der Waals surface area contributed by atoms with E-state index in [9.17, 15) is 4.79 Å². The van der Waals surface area contributed by atoms with E-state index in [4.69, 9.17) is 26.8 Å². The SMILES string of the molecule is COc1cc(CNCCNC(=O)c2nonc2N)cc(Br)c1OCc1cccc(Cl)c1. The molecule has 9 nitrogen and oxygen atoms in total. The van der Waals surface area contributed by atoms with E-state index in [2.05, 4.69) is 41.5 Å². The summed E-state index contributed by atoms with van der Waals surface area (Å²) in [6, 6.07) is 11.3. The van der Waals surface area contributed by atoms with Crippen molar-refractivity contribution in [3.8, 4) is 11.5 Å². The number of anilines is 1. The van der Waals surface area contributed by atoms with Crippen molar-refractivity contribution in [3.63, 3.8) is 0 Å². The molecule has 0 atom stereocenters. The number of amides is 1. The van der Waals surface area contributed by atoms with Gasteiger partial charge in [0.1, 0.15) is 6.61 Å². The fraction of sp³-hybridized carbons (Fsp3) is 0.250. The van der Waals surface area contributed by atoms with Crippen molar-refractivity contribution in [2.45, 2.75) is 13.2 Å². The Kier molecular flexibility index (Phi) is 8.10. The number of aromatic nitrogens is 2. The molecule has 1 amide bonds. The summed E-state index contributed by atoms with van der Waals surface area (Å²) in [5, 5.41) is 13.4. The highest BCUT2D eigenvalue weighted by atomic mass is 79.9. The topological polar surface area (TPSA) is 125 Å². The molecule has 0 radical (unpaired) electrons. The molecule has 0 bridgehead atoms. The van der Waals surface area contributed by atoms with E-state index in [1.807, 2.05) is 36.4 Å². The van der Waals surface area contributed by atoms with Crippen LogP contribution in [0.1, 0.15) is 21.6 Å². The number of nitrogens with zero attached hydrogens (tertiary/aromatic N) is 2. The summed E-state index contributed by atoms with van der Waals surface area (Å²) in [5.41, 5.74) is 7.40. The molecule has 0 saturated carbocycles. The van der Waals surface area contributed by atoms with Crippen LogP contribution >= 0.6 is 27.5 Å². The van der Waals surface area contributed by atoms with E-state index in [1.165, 1.54) is 0 Å². The maximum Gasteiger partial charge on any atom is 0.277 e. The summed E-state index contributed by atoms with van der Waals surface area (Å²) < 4.78 is 16.6. The van der Waals surface area contributed by atoms with Gasteiger partial charge >= 0.3 is 0 Å². The normalized spacial score (nSPS) is 10.7. The second kappa shape index (κ2) is 11.0. The first-order valence-electron chi connectivity index (χ1n) is 9.28. The second-order valence-corrected chi connectivity index (χ2v) is 7.75. The number of carbonyl (C=O) groups is 1. The highest BCUT2D eigenvalue weighted by Crippen LogP contribution is 2.37. The van der Waals surface area contributed by atoms with Crippen LogP contribution in [0.15, 0.2) is 45.5 Å². The number of nitrogen functional groups attached to an aromatic ring is 1. The van der Waals surface area contributed by atoms with E-state index in [0.717, 1.165) is 15.6 Å². The third-order valence-corrected chi connectivity index (χ3v) is 5.03.